The van der Waals surface area contributed by atoms with Gasteiger partial charge in [-0.05, 0) is 50.0 Å². The number of likely N-dealkylation sites (tertiary alicyclic amines) is 1. The van der Waals surface area contributed by atoms with Crippen LogP contribution in [-0.4, -0.2) is 37.0 Å². The van der Waals surface area contributed by atoms with Crippen LogP contribution in [0.3, 0.4) is 0 Å². The molecule has 1 aromatic rings. The van der Waals surface area contributed by atoms with E-state index in [-0.39, 0.29) is 24.0 Å². The van der Waals surface area contributed by atoms with Crippen molar-refractivity contribution in [2.45, 2.75) is 32.6 Å². The van der Waals surface area contributed by atoms with Gasteiger partial charge in [-0.25, -0.2) is 0 Å². The Kier molecular flexibility index (Phi) is 8.68. The summed E-state index contributed by atoms with van der Waals surface area (Å²) in [5, 5.41) is 3.14. The predicted molar refractivity (Wildman–Crippen MR) is 102 cm³/mol. The average Bonchev–Trinajstić information content (AvgIpc) is 2.49. The fourth-order valence-corrected chi connectivity index (χ4v) is 2.51. The van der Waals surface area contributed by atoms with E-state index in [0.29, 0.717) is 5.96 Å². The zero-order valence-electron chi connectivity index (χ0n) is 12.8. The molecule has 21 heavy (non-hydrogen) atoms. The van der Waals surface area contributed by atoms with Gasteiger partial charge in [-0.2, -0.15) is 0 Å². The quantitative estimate of drug-likeness (QED) is 0.452. The maximum Gasteiger partial charge on any atom is 0.193 e. The lowest BCUT2D eigenvalue weighted by molar-refractivity contribution is 0.235. The topological polar surface area (TPSA) is 53.6 Å². The lowest BCUT2D eigenvalue weighted by Crippen LogP contribution is -2.32. The predicted octanol–water partition coefficient (Wildman–Crippen LogP) is 3.08. The van der Waals surface area contributed by atoms with E-state index in [0.717, 1.165) is 25.2 Å². The third-order valence-corrected chi connectivity index (χ3v) is 3.78. The van der Waals surface area contributed by atoms with E-state index >= 15 is 0 Å². The summed E-state index contributed by atoms with van der Waals surface area (Å²) in [7, 11) is 0. The largest absolute Gasteiger partial charge is 0.370 e. The molecule has 0 saturated carbocycles. The Hall–Kier alpha value is -0.820. The van der Waals surface area contributed by atoms with Crippen LogP contribution in [0.15, 0.2) is 29.3 Å². The second-order valence-electron chi connectivity index (χ2n) is 5.34. The average molecular weight is 402 g/mol. The smallest absolute Gasteiger partial charge is 0.193 e. The molecule has 1 saturated heterocycles. The van der Waals surface area contributed by atoms with Crippen molar-refractivity contribution in [2.75, 3.05) is 31.5 Å². The Labute approximate surface area is 145 Å². The van der Waals surface area contributed by atoms with Crippen LogP contribution in [0.25, 0.3) is 0 Å². The normalized spacial score (nSPS) is 16.3. The number of aryl methyl sites for hydroxylation is 1. The third-order valence-electron chi connectivity index (χ3n) is 3.78. The Morgan fingerprint density at radius 3 is 2.48 bits per heavy atom. The van der Waals surface area contributed by atoms with Crippen molar-refractivity contribution in [3.05, 3.63) is 29.8 Å². The van der Waals surface area contributed by atoms with Gasteiger partial charge in [0.25, 0.3) is 0 Å². The molecule has 1 aliphatic rings. The van der Waals surface area contributed by atoms with Crippen LogP contribution < -0.4 is 11.1 Å². The summed E-state index contributed by atoms with van der Waals surface area (Å²) in [6.07, 6.45) is 5.07. The number of benzene rings is 1. The lowest BCUT2D eigenvalue weighted by Gasteiger charge is -2.25. The van der Waals surface area contributed by atoms with Gasteiger partial charge in [0.2, 0.25) is 0 Å². The van der Waals surface area contributed by atoms with E-state index in [2.05, 4.69) is 34.3 Å². The molecule has 3 N–H and O–H groups in total. The molecule has 0 radical (unpaired) electrons. The standard InChI is InChI=1S/C16H26N4.HI/c1-2-14-6-8-15(9-7-14)19-16(17)18-10-13-20-11-4-3-5-12-20;/h6-9H,2-5,10-13H2,1H3,(H3,17,18,19);1H. The van der Waals surface area contributed by atoms with Crippen LogP contribution in [0.1, 0.15) is 31.7 Å². The highest BCUT2D eigenvalue weighted by Crippen LogP contribution is 2.10. The Balaban J connectivity index is 0.00000220. The number of nitrogens with one attached hydrogen (secondary N) is 1. The van der Waals surface area contributed by atoms with E-state index in [1.807, 2.05) is 12.1 Å². The summed E-state index contributed by atoms with van der Waals surface area (Å²) in [5.41, 5.74) is 8.24. The lowest BCUT2D eigenvalue weighted by atomic mass is 10.1. The highest BCUT2D eigenvalue weighted by molar-refractivity contribution is 14.0. The van der Waals surface area contributed by atoms with Crippen molar-refractivity contribution in [1.82, 2.24) is 4.90 Å². The summed E-state index contributed by atoms with van der Waals surface area (Å²) < 4.78 is 0. The Bertz CT molecular complexity index is 424. The molecule has 0 spiro atoms. The molecular formula is C16H27IN4. The summed E-state index contributed by atoms with van der Waals surface area (Å²) in [6, 6.07) is 8.32. The van der Waals surface area contributed by atoms with Gasteiger partial charge in [-0.1, -0.05) is 25.5 Å². The molecule has 0 bridgehead atoms. The van der Waals surface area contributed by atoms with Crippen molar-refractivity contribution in [3.8, 4) is 0 Å². The van der Waals surface area contributed by atoms with E-state index in [1.54, 1.807) is 0 Å². The first-order valence-corrected chi connectivity index (χ1v) is 7.66. The molecule has 1 fully saturated rings. The van der Waals surface area contributed by atoms with Gasteiger partial charge in [0.1, 0.15) is 0 Å². The first-order chi connectivity index (χ1) is 9.78. The van der Waals surface area contributed by atoms with Crippen LogP contribution in [0.5, 0.6) is 0 Å². The molecule has 0 amide bonds. The summed E-state index contributed by atoms with van der Waals surface area (Å²) in [5.74, 6) is 0.506. The van der Waals surface area contributed by atoms with E-state index in [4.69, 9.17) is 5.73 Å². The number of piperidine rings is 1. The van der Waals surface area contributed by atoms with Crippen molar-refractivity contribution in [2.24, 2.45) is 10.7 Å². The second-order valence-corrected chi connectivity index (χ2v) is 5.34. The van der Waals surface area contributed by atoms with E-state index in [1.165, 1.54) is 37.9 Å². The minimum atomic E-state index is 0. The highest BCUT2D eigenvalue weighted by Gasteiger charge is 2.08. The summed E-state index contributed by atoms with van der Waals surface area (Å²) >= 11 is 0. The van der Waals surface area contributed by atoms with Gasteiger partial charge < -0.3 is 16.0 Å². The summed E-state index contributed by atoms with van der Waals surface area (Å²) in [6.45, 7) is 6.35. The minimum Gasteiger partial charge on any atom is -0.370 e. The number of guanidine groups is 1. The van der Waals surface area contributed by atoms with Crippen LogP contribution in [0.2, 0.25) is 0 Å². The Morgan fingerprint density at radius 2 is 1.86 bits per heavy atom. The van der Waals surface area contributed by atoms with Crippen molar-refractivity contribution < 1.29 is 0 Å². The number of hydrogen-bond acceptors (Lipinski definition) is 2. The number of hydrogen-bond donors (Lipinski definition) is 2. The van der Waals surface area contributed by atoms with Crippen LogP contribution in [0.4, 0.5) is 5.69 Å². The second kappa shape index (κ2) is 10.00. The van der Waals surface area contributed by atoms with Gasteiger partial charge in [0.15, 0.2) is 5.96 Å². The SMILES string of the molecule is CCc1ccc(NC(N)=NCCN2CCCCC2)cc1.I. The maximum absolute atomic E-state index is 5.91. The van der Waals surface area contributed by atoms with Crippen LogP contribution in [-0.2, 0) is 6.42 Å². The number of nitrogens with zero attached hydrogens (tertiary/aromatic N) is 2. The van der Waals surface area contributed by atoms with Crippen molar-refractivity contribution in [3.63, 3.8) is 0 Å². The molecule has 4 nitrogen and oxygen atoms in total. The number of nitrogens with two attached hydrogens (primary N) is 1. The van der Waals surface area contributed by atoms with Crippen LogP contribution in [0, 0.1) is 0 Å². The van der Waals surface area contributed by atoms with E-state index in [9.17, 15) is 0 Å². The number of halogens is 1. The first kappa shape index (κ1) is 18.2. The van der Waals surface area contributed by atoms with Gasteiger partial charge >= 0.3 is 0 Å². The van der Waals surface area contributed by atoms with Crippen molar-refractivity contribution in [1.29, 1.82) is 0 Å². The molecule has 1 heterocycles. The monoisotopic (exact) mass is 402 g/mol. The number of aliphatic imine (C=N–C) groups is 1. The molecule has 0 unspecified atom stereocenters. The fraction of sp³-hybridized carbons (Fsp3) is 0.562. The highest BCUT2D eigenvalue weighted by atomic mass is 127. The number of anilines is 1. The van der Waals surface area contributed by atoms with E-state index < -0.39 is 0 Å². The van der Waals surface area contributed by atoms with Gasteiger partial charge in [-0.15, -0.1) is 24.0 Å². The van der Waals surface area contributed by atoms with Gasteiger partial charge in [0.05, 0.1) is 6.54 Å². The number of rotatable bonds is 5. The molecule has 2 rings (SSSR count). The molecule has 118 valence electrons. The fourth-order valence-electron chi connectivity index (χ4n) is 2.51. The molecule has 1 aromatic carbocycles. The van der Waals surface area contributed by atoms with Crippen LogP contribution >= 0.6 is 24.0 Å². The molecule has 0 atom stereocenters. The van der Waals surface area contributed by atoms with Crippen molar-refractivity contribution >= 4 is 35.6 Å². The molecule has 1 aliphatic heterocycles. The third kappa shape index (κ3) is 6.65. The Morgan fingerprint density at radius 1 is 1.19 bits per heavy atom. The summed E-state index contributed by atoms with van der Waals surface area (Å²) in [4.78, 5) is 6.87. The zero-order chi connectivity index (χ0) is 14.2. The maximum atomic E-state index is 5.91. The molecule has 5 heteroatoms. The molecule has 0 aliphatic carbocycles. The minimum absolute atomic E-state index is 0. The zero-order valence-corrected chi connectivity index (χ0v) is 15.2. The van der Waals surface area contributed by atoms with Gasteiger partial charge in [0, 0.05) is 12.2 Å². The molecule has 0 aromatic heterocycles. The van der Waals surface area contributed by atoms with Gasteiger partial charge in [-0.3, -0.25) is 4.99 Å². The first-order valence-electron chi connectivity index (χ1n) is 7.66. The molecular weight excluding hydrogens is 375 g/mol.